The van der Waals surface area contributed by atoms with Crippen molar-refractivity contribution in [1.82, 2.24) is 10.2 Å². The summed E-state index contributed by atoms with van der Waals surface area (Å²) in [6, 6.07) is 0.0987. The van der Waals surface area contributed by atoms with E-state index in [4.69, 9.17) is 5.73 Å². The molecule has 1 amide bonds. The average molecular weight is 248 g/mol. The minimum absolute atomic E-state index is 0.00370. The molecule has 0 fully saturated rings. The first-order valence-electron chi connectivity index (χ1n) is 6.37. The average Bonchev–Trinajstić information content (AvgIpc) is 2.87. The Morgan fingerprint density at radius 2 is 2.39 bits per heavy atom. The molecule has 5 heteroatoms. The van der Waals surface area contributed by atoms with Crippen LogP contribution < -0.4 is 11.1 Å². The Morgan fingerprint density at radius 1 is 1.61 bits per heavy atom. The van der Waals surface area contributed by atoms with Gasteiger partial charge in [-0.15, -0.1) is 0 Å². The van der Waals surface area contributed by atoms with Gasteiger partial charge in [-0.05, 0) is 25.7 Å². The van der Waals surface area contributed by atoms with Crippen molar-refractivity contribution in [3.05, 3.63) is 23.4 Å². The van der Waals surface area contributed by atoms with E-state index < -0.39 is 0 Å². The summed E-state index contributed by atoms with van der Waals surface area (Å²) in [6.45, 7) is 4.01. The van der Waals surface area contributed by atoms with E-state index in [0.717, 1.165) is 24.1 Å². The number of amides is 1. The number of H-pyrrole nitrogens is 1. The van der Waals surface area contributed by atoms with Crippen LogP contribution in [0, 0.1) is 12.8 Å². The van der Waals surface area contributed by atoms with Crippen molar-refractivity contribution in [2.24, 2.45) is 11.7 Å². The molecule has 0 unspecified atom stereocenters. The van der Waals surface area contributed by atoms with E-state index in [-0.39, 0.29) is 17.9 Å². The minimum atomic E-state index is -0.00370. The zero-order valence-corrected chi connectivity index (χ0v) is 10.9. The lowest BCUT2D eigenvalue weighted by Gasteiger charge is -2.09. The highest BCUT2D eigenvalue weighted by molar-refractivity contribution is 5.90. The summed E-state index contributed by atoms with van der Waals surface area (Å²) in [4.78, 5) is 11.9. The van der Waals surface area contributed by atoms with E-state index in [1.807, 2.05) is 19.1 Å². The Morgan fingerprint density at radius 3 is 2.94 bits per heavy atom. The number of hydrogen-bond acceptors (Lipinski definition) is 3. The second kappa shape index (κ2) is 5.35. The van der Waals surface area contributed by atoms with Crippen LogP contribution in [0.2, 0.25) is 0 Å². The van der Waals surface area contributed by atoms with Gasteiger partial charge in [0.2, 0.25) is 5.91 Å². The van der Waals surface area contributed by atoms with Crippen molar-refractivity contribution in [1.29, 1.82) is 0 Å². The van der Waals surface area contributed by atoms with Crippen molar-refractivity contribution in [2.75, 3.05) is 5.32 Å². The molecule has 0 aromatic carbocycles. The van der Waals surface area contributed by atoms with Crippen LogP contribution in [0.1, 0.15) is 31.0 Å². The number of carbonyl (C=O) groups is 1. The maximum absolute atomic E-state index is 11.9. The maximum Gasteiger partial charge on any atom is 0.226 e. The lowest BCUT2D eigenvalue weighted by atomic mass is 10.0. The number of carbonyl (C=O) groups excluding carboxylic acids is 1. The van der Waals surface area contributed by atoms with E-state index in [0.29, 0.717) is 12.2 Å². The summed E-state index contributed by atoms with van der Waals surface area (Å²) in [5.41, 5.74) is 7.84. The van der Waals surface area contributed by atoms with Gasteiger partial charge >= 0.3 is 0 Å². The van der Waals surface area contributed by atoms with Crippen molar-refractivity contribution in [3.8, 4) is 0 Å². The molecule has 1 aromatic rings. The summed E-state index contributed by atoms with van der Waals surface area (Å²) in [7, 11) is 0. The van der Waals surface area contributed by atoms with Gasteiger partial charge in [0, 0.05) is 23.7 Å². The Bertz CT molecular complexity index is 464. The van der Waals surface area contributed by atoms with Crippen LogP contribution in [-0.4, -0.2) is 22.1 Å². The second-order valence-electron chi connectivity index (χ2n) is 4.83. The highest BCUT2D eigenvalue weighted by atomic mass is 16.1. The van der Waals surface area contributed by atoms with Crippen molar-refractivity contribution >= 4 is 11.7 Å². The van der Waals surface area contributed by atoms with Gasteiger partial charge in [-0.1, -0.05) is 19.1 Å². The van der Waals surface area contributed by atoms with Gasteiger partial charge in [-0.2, -0.15) is 5.10 Å². The largest absolute Gasteiger partial charge is 0.324 e. The monoisotopic (exact) mass is 248 g/mol. The third kappa shape index (κ3) is 2.79. The molecule has 2 rings (SSSR count). The Kier molecular flexibility index (Phi) is 3.81. The maximum atomic E-state index is 11.9. The van der Waals surface area contributed by atoms with E-state index in [1.54, 1.807) is 0 Å². The van der Waals surface area contributed by atoms with Gasteiger partial charge in [0.1, 0.15) is 0 Å². The second-order valence-corrected chi connectivity index (χ2v) is 4.83. The first-order valence-corrected chi connectivity index (χ1v) is 6.37. The lowest BCUT2D eigenvalue weighted by molar-refractivity contribution is -0.116. The van der Waals surface area contributed by atoms with Gasteiger partial charge < -0.3 is 11.1 Å². The summed E-state index contributed by atoms with van der Waals surface area (Å²) < 4.78 is 0. The normalized spacial score (nSPS) is 22.4. The van der Waals surface area contributed by atoms with Gasteiger partial charge in [-0.3, -0.25) is 9.89 Å². The third-order valence-corrected chi connectivity index (χ3v) is 3.37. The fraction of sp³-hybridized carbons (Fsp3) is 0.538. The number of aromatic amines is 1. The highest BCUT2D eigenvalue weighted by Crippen LogP contribution is 2.21. The number of anilines is 1. The van der Waals surface area contributed by atoms with Crippen molar-refractivity contribution in [2.45, 2.75) is 39.2 Å². The molecule has 2 atom stereocenters. The van der Waals surface area contributed by atoms with E-state index in [1.165, 1.54) is 0 Å². The molecule has 0 aliphatic heterocycles. The van der Waals surface area contributed by atoms with Gasteiger partial charge in [0.25, 0.3) is 0 Å². The van der Waals surface area contributed by atoms with Crippen LogP contribution in [0.15, 0.2) is 12.2 Å². The number of aryl methyl sites for hydroxylation is 1. The Balaban J connectivity index is 1.91. The molecule has 5 nitrogen and oxygen atoms in total. The van der Waals surface area contributed by atoms with Crippen molar-refractivity contribution < 1.29 is 4.79 Å². The number of aromatic nitrogens is 2. The summed E-state index contributed by atoms with van der Waals surface area (Å²) in [5.74, 6) is 0.893. The minimum Gasteiger partial charge on any atom is -0.324 e. The quantitative estimate of drug-likeness (QED) is 0.706. The zero-order chi connectivity index (χ0) is 13.1. The molecule has 1 aromatic heterocycles. The molecular formula is C13H20N4O. The number of hydrogen-bond donors (Lipinski definition) is 3. The van der Waals surface area contributed by atoms with Crippen LogP contribution in [0.25, 0.3) is 0 Å². The Labute approximate surface area is 107 Å². The van der Waals surface area contributed by atoms with Crippen LogP contribution in [0.3, 0.4) is 0 Å². The summed E-state index contributed by atoms with van der Waals surface area (Å²) >= 11 is 0. The standard InChI is InChI=1S/C13H20N4O/c1-3-11-8(2)13(17-16-11)15-12(18)7-9-4-5-10(14)6-9/h4-5,9-10H,3,6-7,14H2,1-2H3,(H2,15,16,17,18)/t9-,10+/m1/s1. The number of allylic oxidation sites excluding steroid dienone is 1. The van der Waals surface area contributed by atoms with Gasteiger partial charge in [0.15, 0.2) is 5.82 Å². The molecule has 1 heterocycles. The third-order valence-electron chi connectivity index (χ3n) is 3.37. The molecular weight excluding hydrogens is 228 g/mol. The topological polar surface area (TPSA) is 83.8 Å². The summed E-state index contributed by atoms with van der Waals surface area (Å²) in [6.07, 6.45) is 6.20. The van der Waals surface area contributed by atoms with E-state index >= 15 is 0 Å². The van der Waals surface area contributed by atoms with Crippen LogP contribution in [-0.2, 0) is 11.2 Å². The van der Waals surface area contributed by atoms with Gasteiger partial charge in [0.05, 0.1) is 0 Å². The number of nitrogens with one attached hydrogen (secondary N) is 2. The van der Waals surface area contributed by atoms with Gasteiger partial charge in [-0.25, -0.2) is 0 Å². The van der Waals surface area contributed by atoms with Crippen LogP contribution in [0.4, 0.5) is 5.82 Å². The molecule has 0 saturated heterocycles. The molecule has 0 radical (unpaired) electrons. The van der Waals surface area contributed by atoms with Crippen LogP contribution >= 0.6 is 0 Å². The highest BCUT2D eigenvalue weighted by Gasteiger charge is 2.19. The SMILES string of the molecule is CCc1[nH]nc(NC(=O)C[C@@H]2C=C[C@H](N)C2)c1C. The number of nitrogens with two attached hydrogens (primary N) is 1. The zero-order valence-electron chi connectivity index (χ0n) is 10.9. The van der Waals surface area contributed by atoms with E-state index in [9.17, 15) is 4.79 Å². The summed E-state index contributed by atoms with van der Waals surface area (Å²) in [5, 5.41) is 9.90. The molecule has 98 valence electrons. The molecule has 1 aliphatic rings. The number of nitrogens with zero attached hydrogens (tertiary/aromatic N) is 1. The molecule has 0 bridgehead atoms. The predicted octanol–water partition coefficient (Wildman–Crippen LogP) is 1.51. The smallest absolute Gasteiger partial charge is 0.226 e. The van der Waals surface area contributed by atoms with E-state index in [2.05, 4.69) is 22.4 Å². The predicted molar refractivity (Wildman–Crippen MR) is 71.2 cm³/mol. The van der Waals surface area contributed by atoms with Crippen LogP contribution in [0.5, 0.6) is 0 Å². The Hall–Kier alpha value is -1.62. The molecule has 0 spiro atoms. The lowest BCUT2D eigenvalue weighted by Crippen LogP contribution is -2.19. The first kappa shape index (κ1) is 12.8. The molecule has 0 saturated carbocycles. The molecule has 1 aliphatic carbocycles. The molecule has 4 N–H and O–H groups in total. The fourth-order valence-electron chi connectivity index (χ4n) is 2.28. The first-order chi connectivity index (χ1) is 8.60. The molecule has 18 heavy (non-hydrogen) atoms. The van der Waals surface area contributed by atoms with Crippen molar-refractivity contribution in [3.63, 3.8) is 0 Å². The number of rotatable bonds is 4. The fourth-order valence-corrected chi connectivity index (χ4v) is 2.28.